The Morgan fingerprint density at radius 1 is 1.29 bits per heavy atom. The number of nitrogens with one attached hydrogen (secondary N) is 1. The largest absolute Gasteiger partial charge is 0.394 e. The summed E-state index contributed by atoms with van der Waals surface area (Å²) in [6.45, 7) is 2.66. The molecule has 0 aliphatic heterocycles. The highest BCUT2D eigenvalue weighted by atomic mass is 16.5. The summed E-state index contributed by atoms with van der Waals surface area (Å²) in [6, 6.07) is 9.74. The molecule has 1 rings (SSSR count). The Hall–Kier alpha value is -1.41. The molecule has 1 aromatic rings. The average Bonchev–Trinajstić information content (AvgIpc) is 2.38. The van der Waals surface area contributed by atoms with Crippen LogP contribution in [0.5, 0.6) is 0 Å². The van der Waals surface area contributed by atoms with Crippen molar-refractivity contribution in [2.45, 2.75) is 13.0 Å². The molecule has 4 nitrogen and oxygen atoms in total. The van der Waals surface area contributed by atoms with Crippen LogP contribution in [0.2, 0.25) is 0 Å². The second-order valence-corrected chi connectivity index (χ2v) is 3.64. The number of nitrogens with zero attached hydrogens (tertiary/aromatic N) is 1. The van der Waals surface area contributed by atoms with E-state index in [2.05, 4.69) is 11.4 Å². The summed E-state index contributed by atoms with van der Waals surface area (Å²) in [7, 11) is 0. The molecule has 4 heteroatoms. The maximum Gasteiger partial charge on any atom is 0.0995 e. The number of hydrogen-bond donors (Lipinski definition) is 2. The van der Waals surface area contributed by atoms with Crippen LogP contribution in [-0.2, 0) is 11.3 Å². The molecule has 2 N–H and O–H groups in total. The Morgan fingerprint density at radius 2 is 2.12 bits per heavy atom. The van der Waals surface area contributed by atoms with Gasteiger partial charge in [-0.05, 0) is 24.6 Å². The molecule has 0 aliphatic rings. The number of aliphatic hydroxyl groups excluding tert-OH is 1. The Labute approximate surface area is 102 Å². The van der Waals surface area contributed by atoms with Crippen LogP contribution in [0.3, 0.4) is 0 Å². The zero-order valence-electron chi connectivity index (χ0n) is 9.85. The average molecular weight is 234 g/mol. The molecule has 92 valence electrons. The first-order valence-corrected chi connectivity index (χ1v) is 5.76. The molecule has 0 fully saturated rings. The van der Waals surface area contributed by atoms with Crippen LogP contribution < -0.4 is 5.32 Å². The minimum absolute atomic E-state index is 0.0724. The van der Waals surface area contributed by atoms with Gasteiger partial charge in [-0.3, -0.25) is 0 Å². The standard InChI is InChI=1S/C13H18N2O2/c14-10-12-4-1-2-5-13(12)11-15-6-3-8-17-9-7-16/h1-2,4-5,15-16H,3,6-9,11H2. The van der Waals surface area contributed by atoms with Gasteiger partial charge in [0, 0.05) is 13.2 Å². The predicted octanol–water partition coefficient (Wildman–Crippen LogP) is 1.05. The lowest BCUT2D eigenvalue weighted by Crippen LogP contribution is -2.17. The first-order valence-electron chi connectivity index (χ1n) is 5.76. The topological polar surface area (TPSA) is 65.3 Å². The SMILES string of the molecule is N#Cc1ccccc1CNCCCOCCO. The van der Waals surface area contributed by atoms with Crippen molar-refractivity contribution < 1.29 is 9.84 Å². The van der Waals surface area contributed by atoms with Gasteiger partial charge in [-0.25, -0.2) is 0 Å². The van der Waals surface area contributed by atoms with E-state index in [4.69, 9.17) is 15.1 Å². The van der Waals surface area contributed by atoms with E-state index >= 15 is 0 Å². The van der Waals surface area contributed by atoms with E-state index in [1.807, 2.05) is 24.3 Å². The van der Waals surface area contributed by atoms with Crippen molar-refractivity contribution in [2.24, 2.45) is 0 Å². The Morgan fingerprint density at radius 3 is 2.88 bits per heavy atom. The molecular formula is C13H18N2O2. The van der Waals surface area contributed by atoms with Gasteiger partial charge in [0.1, 0.15) is 0 Å². The van der Waals surface area contributed by atoms with Crippen molar-refractivity contribution in [3.8, 4) is 6.07 Å². The van der Waals surface area contributed by atoms with E-state index in [0.29, 0.717) is 19.8 Å². The van der Waals surface area contributed by atoms with E-state index in [0.717, 1.165) is 24.1 Å². The summed E-state index contributed by atoms with van der Waals surface area (Å²) in [6.07, 6.45) is 0.898. The molecule has 17 heavy (non-hydrogen) atoms. The normalized spacial score (nSPS) is 10.1. The predicted molar refractivity (Wildman–Crippen MR) is 65.4 cm³/mol. The molecular weight excluding hydrogens is 216 g/mol. The highest BCUT2D eigenvalue weighted by Crippen LogP contribution is 2.06. The Bertz CT molecular complexity index is 361. The smallest absolute Gasteiger partial charge is 0.0995 e. The molecule has 1 aromatic carbocycles. The van der Waals surface area contributed by atoms with Crippen LogP contribution in [0.25, 0.3) is 0 Å². The van der Waals surface area contributed by atoms with Crippen LogP contribution in [0.4, 0.5) is 0 Å². The summed E-state index contributed by atoms with van der Waals surface area (Å²) in [5, 5.41) is 20.7. The van der Waals surface area contributed by atoms with Gasteiger partial charge in [0.15, 0.2) is 0 Å². The number of nitriles is 1. The third-order valence-electron chi connectivity index (χ3n) is 2.33. The molecule has 0 aromatic heterocycles. The second-order valence-electron chi connectivity index (χ2n) is 3.64. The number of rotatable bonds is 8. The van der Waals surface area contributed by atoms with Gasteiger partial charge in [0.2, 0.25) is 0 Å². The summed E-state index contributed by atoms with van der Waals surface area (Å²) >= 11 is 0. The second kappa shape index (κ2) is 8.71. The van der Waals surface area contributed by atoms with E-state index in [9.17, 15) is 0 Å². The molecule has 0 atom stereocenters. The molecule has 0 spiro atoms. The van der Waals surface area contributed by atoms with Crippen molar-refractivity contribution in [2.75, 3.05) is 26.4 Å². The maximum absolute atomic E-state index is 8.90. The van der Waals surface area contributed by atoms with E-state index in [1.54, 1.807) is 0 Å². The molecule has 0 aliphatic carbocycles. The van der Waals surface area contributed by atoms with Gasteiger partial charge in [-0.15, -0.1) is 0 Å². The summed E-state index contributed by atoms with van der Waals surface area (Å²) in [5.41, 5.74) is 1.74. The Balaban J connectivity index is 2.16. The summed E-state index contributed by atoms with van der Waals surface area (Å²) < 4.78 is 5.14. The Kier molecular flexibility index (Phi) is 6.99. The van der Waals surface area contributed by atoms with Gasteiger partial charge < -0.3 is 15.2 Å². The van der Waals surface area contributed by atoms with Gasteiger partial charge in [-0.1, -0.05) is 18.2 Å². The minimum atomic E-state index is 0.0724. The van der Waals surface area contributed by atoms with Crippen molar-refractivity contribution >= 4 is 0 Å². The van der Waals surface area contributed by atoms with Crippen molar-refractivity contribution in [3.63, 3.8) is 0 Å². The van der Waals surface area contributed by atoms with Gasteiger partial charge in [0.25, 0.3) is 0 Å². The zero-order valence-corrected chi connectivity index (χ0v) is 9.85. The molecule has 0 radical (unpaired) electrons. The molecule has 0 saturated heterocycles. The van der Waals surface area contributed by atoms with Crippen molar-refractivity contribution in [1.29, 1.82) is 5.26 Å². The van der Waals surface area contributed by atoms with Crippen LogP contribution in [0, 0.1) is 11.3 Å². The quantitative estimate of drug-likeness (QED) is 0.660. The lowest BCUT2D eigenvalue weighted by atomic mass is 10.1. The minimum Gasteiger partial charge on any atom is -0.394 e. The van der Waals surface area contributed by atoms with Gasteiger partial charge in [0.05, 0.1) is 24.8 Å². The fourth-order valence-corrected chi connectivity index (χ4v) is 1.47. The summed E-state index contributed by atoms with van der Waals surface area (Å²) in [5.74, 6) is 0. The van der Waals surface area contributed by atoms with Crippen LogP contribution in [0.1, 0.15) is 17.5 Å². The lowest BCUT2D eigenvalue weighted by Gasteiger charge is -2.06. The van der Waals surface area contributed by atoms with Gasteiger partial charge >= 0.3 is 0 Å². The van der Waals surface area contributed by atoms with E-state index in [-0.39, 0.29) is 6.61 Å². The molecule has 0 amide bonds. The van der Waals surface area contributed by atoms with Crippen LogP contribution in [0.15, 0.2) is 24.3 Å². The molecule has 0 bridgehead atoms. The maximum atomic E-state index is 8.90. The fraction of sp³-hybridized carbons (Fsp3) is 0.462. The van der Waals surface area contributed by atoms with Crippen LogP contribution >= 0.6 is 0 Å². The van der Waals surface area contributed by atoms with Crippen LogP contribution in [-0.4, -0.2) is 31.5 Å². The number of aliphatic hydroxyl groups is 1. The fourth-order valence-electron chi connectivity index (χ4n) is 1.47. The van der Waals surface area contributed by atoms with Crippen molar-refractivity contribution in [3.05, 3.63) is 35.4 Å². The number of ether oxygens (including phenoxy) is 1. The third kappa shape index (κ3) is 5.45. The molecule has 0 saturated carbocycles. The lowest BCUT2D eigenvalue weighted by molar-refractivity contribution is 0.0907. The first kappa shape index (κ1) is 13.7. The van der Waals surface area contributed by atoms with Gasteiger partial charge in [-0.2, -0.15) is 5.26 Å². The van der Waals surface area contributed by atoms with E-state index < -0.39 is 0 Å². The highest BCUT2D eigenvalue weighted by molar-refractivity contribution is 5.37. The summed E-state index contributed by atoms with van der Waals surface area (Å²) in [4.78, 5) is 0. The molecule has 0 unspecified atom stereocenters. The van der Waals surface area contributed by atoms with E-state index in [1.165, 1.54) is 0 Å². The third-order valence-corrected chi connectivity index (χ3v) is 2.33. The first-order chi connectivity index (χ1) is 8.38. The number of hydrogen-bond acceptors (Lipinski definition) is 4. The van der Waals surface area contributed by atoms with Crippen molar-refractivity contribution in [1.82, 2.24) is 5.32 Å². The number of benzene rings is 1. The highest BCUT2D eigenvalue weighted by Gasteiger charge is 1.99. The molecule has 0 heterocycles. The monoisotopic (exact) mass is 234 g/mol. The zero-order chi connectivity index (χ0) is 12.3.